The van der Waals surface area contributed by atoms with E-state index in [0.29, 0.717) is 5.92 Å². The van der Waals surface area contributed by atoms with E-state index < -0.39 is 0 Å². The number of anilines is 1. The molecule has 2 aliphatic carbocycles. The van der Waals surface area contributed by atoms with Crippen molar-refractivity contribution in [3.05, 3.63) is 65.2 Å². The molecule has 128 valence electrons. The van der Waals surface area contributed by atoms with Gasteiger partial charge in [-0.2, -0.15) is 0 Å². The van der Waals surface area contributed by atoms with Gasteiger partial charge in [0.1, 0.15) is 0 Å². The lowest BCUT2D eigenvalue weighted by atomic mass is 10.1. The average Bonchev–Trinajstić information content (AvgIpc) is 2.91. The van der Waals surface area contributed by atoms with Crippen molar-refractivity contribution >= 4 is 11.6 Å². The summed E-state index contributed by atoms with van der Waals surface area (Å²) in [4.78, 5) is 12.8. The summed E-state index contributed by atoms with van der Waals surface area (Å²) in [6.45, 7) is 8.56. The van der Waals surface area contributed by atoms with Crippen molar-refractivity contribution in [2.24, 2.45) is 17.3 Å². The van der Waals surface area contributed by atoms with Crippen molar-refractivity contribution < 1.29 is 4.79 Å². The van der Waals surface area contributed by atoms with Gasteiger partial charge in [-0.1, -0.05) is 55.8 Å². The number of amides is 1. The van der Waals surface area contributed by atoms with Gasteiger partial charge in [0.2, 0.25) is 5.91 Å². The largest absolute Gasteiger partial charge is 0.326 e. The molecule has 2 aliphatic rings. The Morgan fingerprint density at radius 1 is 1.08 bits per heavy atom. The van der Waals surface area contributed by atoms with Gasteiger partial charge in [0.15, 0.2) is 0 Å². The molecule has 0 unspecified atom stereocenters. The Labute approximate surface area is 150 Å². The fraction of sp³-hybridized carbons (Fsp3) is 0.348. The van der Waals surface area contributed by atoms with Crippen molar-refractivity contribution in [3.63, 3.8) is 0 Å². The number of carbonyl (C=O) groups is 1. The lowest BCUT2D eigenvalue weighted by Gasteiger charge is -2.08. The monoisotopic (exact) mass is 331 g/mol. The van der Waals surface area contributed by atoms with Gasteiger partial charge in [0.25, 0.3) is 0 Å². The summed E-state index contributed by atoms with van der Waals surface area (Å²) >= 11 is 0. The van der Waals surface area contributed by atoms with E-state index in [0.717, 1.165) is 12.1 Å². The van der Waals surface area contributed by atoms with E-state index in [1.165, 1.54) is 27.8 Å². The van der Waals surface area contributed by atoms with Gasteiger partial charge in [-0.15, -0.1) is 0 Å². The molecule has 0 radical (unpaired) electrons. The third-order valence-electron chi connectivity index (χ3n) is 5.77. The SMILES string of the molecule is CC(C)=C[C@@H]1[C@@H](C(=O)Nc2ccc3c(c2)Cc2ccccc2-3)C1(C)C. The van der Waals surface area contributed by atoms with E-state index in [9.17, 15) is 4.79 Å². The Hall–Kier alpha value is -2.35. The zero-order valence-corrected chi connectivity index (χ0v) is 15.4. The van der Waals surface area contributed by atoms with Crippen LogP contribution in [-0.2, 0) is 11.2 Å². The van der Waals surface area contributed by atoms with Crippen LogP contribution in [-0.4, -0.2) is 5.91 Å². The minimum Gasteiger partial charge on any atom is -0.326 e. The smallest absolute Gasteiger partial charge is 0.228 e. The molecule has 2 atom stereocenters. The minimum atomic E-state index is 0.0499. The lowest BCUT2D eigenvalue weighted by molar-refractivity contribution is -0.118. The second-order valence-corrected chi connectivity index (χ2v) is 8.26. The normalized spacial score (nSPS) is 21.9. The highest BCUT2D eigenvalue weighted by Gasteiger charge is 2.60. The average molecular weight is 331 g/mol. The maximum atomic E-state index is 12.8. The first kappa shape index (κ1) is 16.1. The topological polar surface area (TPSA) is 29.1 Å². The Morgan fingerprint density at radius 2 is 1.80 bits per heavy atom. The number of carbonyl (C=O) groups excluding carboxylic acids is 1. The van der Waals surface area contributed by atoms with Gasteiger partial charge in [0, 0.05) is 5.69 Å². The van der Waals surface area contributed by atoms with E-state index in [1.807, 2.05) is 6.07 Å². The lowest BCUT2D eigenvalue weighted by Crippen LogP contribution is -2.17. The van der Waals surface area contributed by atoms with Crippen molar-refractivity contribution in [1.82, 2.24) is 0 Å². The van der Waals surface area contributed by atoms with Gasteiger partial charge in [0.05, 0.1) is 5.92 Å². The summed E-state index contributed by atoms with van der Waals surface area (Å²) in [7, 11) is 0. The van der Waals surface area contributed by atoms with Crippen molar-refractivity contribution in [2.45, 2.75) is 34.1 Å². The molecule has 0 heterocycles. The van der Waals surface area contributed by atoms with Crippen LogP contribution >= 0.6 is 0 Å². The van der Waals surface area contributed by atoms with Crippen LogP contribution in [0.5, 0.6) is 0 Å². The van der Waals surface area contributed by atoms with Gasteiger partial charge >= 0.3 is 0 Å². The molecule has 1 N–H and O–H groups in total. The van der Waals surface area contributed by atoms with Crippen LogP contribution in [0.25, 0.3) is 11.1 Å². The van der Waals surface area contributed by atoms with Crippen LogP contribution in [0.4, 0.5) is 5.69 Å². The van der Waals surface area contributed by atoms with E-state index in [4.69, 9.17) is 0 Å². The molecular formula is C23H25NO. The van der Waals surface area contributed by atoms with Gasteiger partial charge < -0.3 is 5.32 Å². The quantitative estimate of drug-likeness (QED) is 0.637. The number of allylic oxidation sites excluding steroid dienone is 2. The predicted octanol–water partition coefficient (Wildman–Crippen LogP) is 5.43. The molecule has 25 heavy (non-hydrogen) atoms. The van der Waals surface area contributed by atoms with E-state index >= 15 is 0 Å². The summed E-state index contributed by atoms with van der Waals surface area (Å²) in [5, 5.41) is 3.15. The predicted molar refractivity (Wildman–Crippen MR) is 104 cm³/mol. The van der Waals surface area contributed by atoms with Crippen molar-refractivity contribution in [3.8, 4) is 11.1 Å². The number of hydrogen-bond acceptors (Lipinski definition) is 1. The fourth-order valence-electron chi connectivity index (χ4n) is 4.29. The van der Waals surface area contributed by atoms with Crippen LogP contribution in [0.2, 0.25) is 0 Å². The number of nitrogens with one attached hydrogen (secondary N) is 1. The molecule has 4 rings (SSSR count). The fourth-order valence-corrected chi connectivity index (χ4v) is 4.29. The maximum Gasteiger partial charge on any atom is 0.228 e. The summed E-state index contributed by atoms with van der Waals surface area (Å²) in [5.41, 5.74) is 7.53. The zero-order valence-electron chi connectivity index (χ0n) is 15.4. The number of benzene rings is 2. The van der Waals surface area contributed by atoms with Crippen LogP contribution in [0, 0.1) is 17.3 Å². The number of rotatable bonds is 3. The summed E-state index contributed by atoms with van der Waals surface area (Å²) in [5.74, 6) is 0.548. The Balaban J connectivity index is 1.53. The zero-order chi connectivity index (χ0) is 17.8. The molecule has 0 spiro atoms. The number of fused-ring (bicyclic) bond motifs is 3. The van der Waals surface area contributed by atoms with E-state index in [1.54, 1.807) is 0 Å². The Bertz CT molecular complexity index is 887. The molecule has 2 aromatic carbocycles. The summed E-state index contributed by atoms with van der Waals surface area (Å²) in [6.07, 6.45) is 3.19. The highest BCUT2D eigenvalue weighted by molar-refractivity contribution is 5.96. The molecule has 0 bridgehead atoms. The molecule has 1 fully saturated rings. The Kier molecular flexibility index (Phi) is 3.61. The highest BCUT2D eigenvalue weighted by atomic mass is 16.2. The van der Waals surface area contributed by atoms with Crippen LogP contribution in [0.15, 0.2) is 54.1 Å². The molecule has 1 amide bonds. The van der Waals surface area contributed by atoms with Crippen LogP contribution in [0.3, 0.4) is 0 Å². The highest BCUT2D eigenvalue weighted by Crippen LogP contribution is 2.59. The number of hydrogen-bond donors (Lipinski definition) is 1. The molecule has 2 heteroatoms. The maximum absolute atomic E-state index is 12.8. The second kappa shape index (κ2) is 5.59. The van der Waals surface area contributed by atoms with E-state index in [-0.39, 0.29) is 17.2 Å². The second-order valence-electron chi connectivity index (χ2n) is 8.26. The minimum absolute atomic E-state index is 0.0499. The first-order chi connectivity index (χ1) is 11.9. The van der Waals surface area contributed by atoms with Gasteiger partial charge in [-0.3, -0.25) is 4.79 Å². The molecule has 2 nitrogen and oxygen atoms in total. The third kappa shape index (κ3) is 2.70. The first-order valence-corrected chi connectivity index (χ1v) is 9.05. The molecule has 0 aliphatic heterocycles. The van der Waals surface area contributed by atoms with Crippen molar-refractivity contribution in [2.75, 3.05) is 5.32 Å². The molecule has 0 aromatic heterocycles. The van der Waals surface area contributed by atoms with Gasteiger partial charge in [-0.05, 0) is 66.0 Å². The first-order valence-electron chi connectivity index (χ1n) is 9.05. The standard InChI is InChI=1S/C23H25NO/c1-14(2)11-20-21(23(20,3)4)22(25)24-17-9-10-19-16(13-17)12-15-7-5-6-8-18(15)19/h5-11,13,20-21H,12H2,1-4H3,(H,24,25)/t20-,21+/m1/s1. The molecule has 1 saturated carbocycles. The molecule has 2 aromatic rings. The molecular weight excluding hydrogens is 306 g/mol. The van der Waals surface area contributed by atoms with E-state index in [2.05, 4.69) is 75.5 Å². The summed E-state index contributed by atoms with van der Waals surface area (Å²) in [6, 6.07) is 14.8. The third-order valence-corrected chi connectivity index (χ3v) is 5.77. The van der Waals surface area contributed by atoms with Crippen LogP contribution in [0.1, 0.15) is 38.8 Å². The van der Waals surface area contributed by atoms with Gasteiger partial charge in [-0.25, -0.2) is 0 Å². The summed E-state index contributed by atoms with van der Waals surface area (Å²) < 4.78 is 0. The van der Waals surface area contributed by atoms with Crippen molar-refractivity contribution in [1.29, 1.82) is 0 Å². The molecule has 0 saturated heterocycles. The van der Waals surface area contributed by atoms with Crippen LogP contribution < -0.4 is 5.32 Å². The Morgan fingerprint density at radius 3 is 2.56 bits per heavy atom.